The highest BCUT2D eigenvalue weighted by atomic mass is 32.2. The molecule has 9 atom stereocenters. The van der Waals surface area contributed by atoms with Crippen molar-refractivity contribution in [3.8, 4) is 5.75 Å². The van der Waals surface area contributed by atoms with E-state index in [1.165, 1.54) is 79.6 Å². The number of aromatic amines is 2. The number of aromatic nitrogens is 3. The number of aliphatic hydroxyl groups is 1. The van der Waals surface area contributed by atoms with E-state index in [0.717, 1.165) is 11.1 Å². The maximum absolute atomic E-state index is 15.3. The standard InChI is InChI=1S/C74H89F2N11O13S2/c1-43(88)67-72(98)84-59(33-48-16-15-47-17-18-51(75)37-54(47)48)70(96)82-58(34-50-40-80-56-22-19-52(76)38-55(50)56)62(89)35-49(36-66(92)93)68(94)83-60(39-64-78-26-27-79-64)71(97)85-61(32-44-13-20-53(100-3)21-14-44)73(99)87-28-8-24-74(87,2)63(90)12-7-29-101-41-45-9-6-10-46(31-45)42-102-30-23-65(91)81-57(69(95)86-67)11-4-5-25-77/h6,9-10,13-14,16-22,26-27,31,37-38,40,43,49,57-61,67,80,88H,4-5,7-8,11-12,15,23-25,28-30,32-36,39,41-42,77H2,1-3H3,(H,78,79)(H,81,91)(H,82,96)(H,83,94)(H,84,98)(H,85,97)(H,86,95)(H,92,93)/t43-,49+,57+,58+,59+,60+,61+,67-,74+/m1/s1. The molecule has 102 heavy (non-hydrogen) atoms. The van der Waals surface area contributed by atoms with E-state index in [1.807, 2.05) is 18.2 Å². The normalized spacial score (nSPS) is 23.5. The van der Waals surface area contributed by atoms with E-state index in [-0.39, 0.29) is 68.8 Å². The predicted molar refractivity (Wildman–Crippen MR) is 382 cm³/mol. The lowest BCUT2D eigenvalue weighted by Crippen LogP contribution is -2.60. The Balaban J connectivity index is 1.07. The average molecular weight is 1440 g/mol. The third kappa shape index (κ3) is 21.0. The summed E-state index contributed by atoms with van der Waals surface area (Å²) < 4.78 is 35.4. The van der Waals surface area contributed by atoms with Gasteiger partial charge in [-0.25, -0.2) is 13.8 Å². The molecule has 28 heteroatoms. The highest BCUT2D eigenvalue weighted by Gasteiger charge is 2.47. The summed E-state index contributed by atoms with van der Waals surface area (Å²) in [5.74, 6) is -8.68. The Kier molecular flexibility index (Phi) is 27.6. The number of ether oxygens (including phenoxy) is 1. The van der Waals surface area contributed by atoms with Crippen molar-refractivity contribution in [1.82, 2.24) is 51.8 Å². The Labute approximate surface area is 598 Å². The Morgan fingerprint density at radius 1 is 0.735 bits per heavy atom. The third-order valence-electron chi connectivity index (χ3n) is 18.8. The number of thioether (sulfide) groups is 2. The van der Waals surface area contributed by atoms with Gasteiger partial charge in [-0.3, -0.25) is 47.9 Å². The van der Waals surface area contributed by atoms with Gasteiger partial charge in [-0.1, -0.05) is 48.5 Å². The van der Waals surface area contributed by atoms with E-state index in [9.17, 15) is 39.0 Å². The minimum absolute atomic E-state index is 0.0203. The number of H-pyrrole nitrogens is 2. The number of methoxy groups -OCH3 is 1. The van der Waals surface area contributed by atoms with Gasteiger partial charge in [0.2, 0.25) is 41.4 Å². The fourth-order valence-electron chi connectivity index (χ4n) is 13.2. The molecule has 6 aromatic rings. The molecule has 12 N–H and O–H groups in total. The van der Waals surface area contributed by atoms with E-state index in [4.69, 9.17) is 10.5 Å². The van der Waals surface area contributed by atoms with Gasteiger partial charge in [-0.15, -0.1) is 0 Å². The highest BCUT2D eigenvalue weighted by molar-refractivity contribution is 7.98. The summed E-state index contributed by atoms with van der Waals surface area (Å²) in [5, 5.41) is 38.2. The molecule has 0 spiro atoms. The van der Waals surface area contributed by atoms with Crippen LogP contribution in [-0.2, 0) is 85.1 Å². The van der Waals surface area contributed by atoms with Gasteiger partial charge in [0.1, 0.15) is 53.4 Å². The summed E-state index contributed by atoms with van der Waals surface area (Å²) in [7, 11) is 1.50. The van der Waals surface area contributed by atoms with Crippen molar-refractivity contribution in [1.29, 1.82) is 0 Å². The number of ketones is 2. The number of allylic oxidation sites excluding steroid dienone is 1. The van der Waals surface area contributed by atoms with Crippen molar-refractivity contribution in [2.45, 2.75) is 170 Å². The fourth-order valence-corrected chi connectivity index (χ4v) is 15.0. The number of hydrogen-bond donors (Lipinski definition) is 11. The number of nitrogens with zero attached hydrogens (tertiary/aromatic N) is 2. The number of hydrogen-bond acceptors (Lipinski definition) is 16. The molecule has 2 aliphatic heterocycles. The molecular formula is C74H89F2N11O13S2. The van der Waals surface area contributed by atoms with Crippen LogP contribution in [0.25, 0.3) is 16.5 Å². The van der Waals surface area contributed by atoms with Gasteiger partial charge in [0.25, 0.3) is 0 Å². The highest BCUT2D eigenvalue weighted by Crippen LogP contribution is 2.35. The summed E-state index contributed by atoms with van der Waals surface area (Å²) >= 11 is 3.17. The quantitative estimate of drug-likeness (QED) is 0.0495. The van der Waals surface area contributed by atoms with E-state index in [0.29, 0.717) is 100 Å². The first-order chi connectivity index (χ1) is 49.0. The van der Waals surface area contributed by atoms with E-state index < -0.39 is 138 Å². The second-order valence-corrected chi connectivity index (χ2v) is 28.6. The number of unbranched alkanes of at least 4 members (excludes halogenated alkanes) is 1. The van der Waals surface area contributed by atoms with Gasteiger partial charge in [0.05, 0.1) is 37.1 Å². The van der Waals surface area contributed by atoms with Crippen LogP contribution < -0.4 is 42.4 Å². The number of amides is 7. The number of aliphatic carboxylic acids is 1. The number of Topliss-reactive ketones (excluding diaryl/α,β-unsaturated/α-hetero) is 2. The zero-order valence-electron chi connectivity index (χ0n) is 57.3. The summed E-state index contributed by atoms with van der Waals surface area (Å²) in [4.78, 5) is 158. The average Bonchev–Trinajstić information content (AvgIpc) is 1.58. The van der Waals surface area contributed by atoms with Crippen LogP contribution in [0.3, 0.4) is 0 Å². The number of nitrogens with two attached hydrogens (primary N) is 1. The summed E-state index contributed by atoms with van der Waals surface area (Å²) in [6.07, 6.45) is 4.17. The number of benzene rings is 4. The van der Waals surface area contributed by atoms with Crippen molar-refractivity contribution in [2.24, 2.45) is 11.7 Å². The van der Waals surface area contributed by atoms with E-state index in [1.54, 1.807) is 55.1 Å². The lowest BCUT2D eigenvalue weighted by Gasteiger charge is -2.37. The molecule has 9 rings (SSSR count). The molecule has 0 radical (unpaired) electrons. The molecule has 24 nitrogen and oxygen atoms in total. The van der Waals surface area contributed by atoms with Crippen molar-refractivity contribution >= 4 is 98.9 Å². The summed E-state index contributed by atoms with van der Waals surface area (Å²) in [6, 6.07) is 13.5. The molecule has 4 aromatic carbocycles. The van der Waals surface area contributed by atoms with Gasteiger partial charge >= 0.3 is 5.97 Å². The molecular weight excluding hydrogens is 1350 g/mol. The topological polar surface area (TPSA) is 366 Å². The number of imidazole rings is 1. The molecule has 544 valence electrons. The third-order valence-corrected chi connectivity index (χ3v) is 20.9. The monoisotopic (exact) mass is 1440 g/mol. The maximum Gasteiger partial charge on any atom is 0.304 e. The van der Waals surface area contributed by atoms with Gasteiger partial charge < -0.3 is 67.5 Å². The molecule has 0 unspecified atom stereocenters. The van der Waals surface area contributed by atoms with E-state index in [2.05, 4.69) is 52.9 Å². The molecule has 0 saturated carbocycles. The van der Waals surface area contributed by atoms with Crippen LogP contribution in [0.2, 0.25) is 0 Å². The second kappa shape index (κ2) is 36.6. The van der Waals surface area contributed by atoms with E-state index >= 15 is 28.0 Å². The predicted octanol–water partition coefficient (Wildman–Crippen LogP) is 6.00. The first-order valence-electron chi connectivity index (χ1n) is 34.4. The Morgan fingerprint density at radius 2 is 1.42 bits per heavy atom. The van der Waals surface area contributed by atoms with Crippen LogP contribution in [0, 0.1) is 17.6 Å². The molecule has 2 bridgehead atoms. The lowest BCUT2D eigenvalue weighted by molar-refractivity contribution is -0.146. The van der Waals surface area contributed by atoms with Crippen LogP contribution in [-0.4, -0.2) is 169 Å². The lowest BCUT2D eigenvalue weighted by atomic mass is 9.89. The Bertz CT molecular complexity index is 4020. The van der Waals surface area contributed by atoms with Crippen molar-refractivity contribution in [3.63, 3.8) is 0 Å². The van der Waals surface area contributed by atoms with Crippen LogP contribution >= 0.6 is 23.5 Å². The number of halogens is 2. The number of aliphatic hydroxyl groups excluding tert-OH is 1. The SMILES string of the molecule is COc1ccc(C[C@@H]2NC(=O)[C@H](Cc3ncc[nH]3)NC(=O)[C@H](CC(=O)O)CC(=O)[C@H](Cc3c[nH]c4ccc(F)cc34)NC(=O)[C@H](CC3=CCc4ccc(F)cc43)NC(=O)[C@@H]([C@@H](C)O)NC(=O)[C@H](CCCCN)NC(=O)CCSCc3cccc(c3)CSCCCC(=O)[C@]3(C)CCCN3C2=O)cc1. The van der Waals surface area contributed by atoms with Crippen molar-refractivity contribution < 1.29 is 71.7 Å². The number of rotatable bonds is 16. The first-order valence-corrected chi connectivity index (χ1v) is 36.7. The van der Waals surface area contributed by atoms with Crippen LogP contribution in [0.1, 0.15) is 124 Å². The molecule has 1 saturated heterocycles. The minimum atomic E-state index is -1.77. The Hall–Kier alpha value is -9.25. The second-order valence-electron chi connectivity index (χ2n) is 26.3. The number of carboxylic acids is 1. The van der Waals surface area contributed by atoms with Crippen molar-refractivity contribution in [2.75, 3.05) is 31.7 Å². The molecule has 2 aromatic heterocycles. The minimum Gasteiger partial charge on any atom is -0.497 e. The van der Waals surface area contributed by atoms with Crippen LogP contribution in [0.4, 0.5) is 8.78 Å². The van der Waals surface area contributed by atoms with Gasteiger partial charge in [-0.05, 0) is 153 Å². The molecule has 4 heterocycles. The summed E-state index contributed by atoms with van der Waals surface area (Å²) in [6.45, 7) is 3.44. The number of fused-ring (bicyclic) bond motifs is 5. The number of carboxylic acid groups (broad SMARTS) is 1. The zero-order valence-corrected chi connectivity index (χ0v) is 58.9. The molecule has 3 aliphatic rings. The zero-order chi connectivity index (χ0) is 73.0. The van der Waals surface area contributed by atoms with Crippen molar-refractivity contribution in [3.05, 3.63) is 160 Å². The van der Waals surface area contributed by atoms with Gasteiger partial charge in [0.15, 0.2) is 11.6 Å². The smallest absolute Gasteiger partial charge is 0.304 e. The number of carbonyl (C=O) groups is 10. The van der Waals surface area contributed by atoms with Gasteiger partial charge in [0, 0.05) is 98.2 Å². The Morgan fingerprint density at radius 3 is 2.13 bits per heavy atom. The maximum atomic E-state index is 15.3. The fraction of sp³-hybridized carbons (Fsp3) is 0.446. The number of nitrogens with one attached hydrogen (secondary N) is 8. The molecule has 1 fully saturated rings. The van der Waals surface area contributed by atoms with Crippen LogP contribution in [0.5, 0.6) is 5.75 Å². The largest absolute Gasteiger partial charge is 0.497 e. The summed E-state index contributed by atoms with van der Waals surface area (Å²) in [5.41, 5.74) is 9.46. The number of carbonyl (C=O) groups excluding carboxylic acids is 9. The van der Waals surface area contributed by atoms with Crippen LogP contribution in [0.15, 0.2) is 110 Å². The molecule has 1 aliphatic carbocycles. The van der Waals surface area contributed by atoms with Gasteiger partial charge in [-0.2, -0.15) is 23.5 Å². The molecule has 7 amide bonds. The first kappa shape index (κ1) is 76.9.